The quantitative estimate of drug-likeness (QED) is 0.675. The Balaban J connectivity index is 2.41. The number of ether oxygens (including phenoxy) is 2. The van der Waals surface area contributed by atoms with E-state index in [9.17, 15) is 9.90 Å². The van der Waals surface area contributed by atoms with Gasteiger partial charge in [0.1, 0.15) is 0 Å². The number of aliphatic hydroxyl groups excluding tert-OH is 1. The summed E-state index contributed by atoms with van der Waals surface area (Å²) in [7, 11) is 3.38. The maximum Gasteiger partial charge on any atom is 0.239 e. The van der Waals surface area contributed by atoms with Crippen LogP contribution < -0.4 is 0 Å². The number of nitrogens with zero attached hydrogens (tertiary/aromatic N) is 2. The number of amides is 1. The summed E-state index contributed by atoms with van der Waals surface area (Å²) in [6.45, 7) is 5.07. The Labute approximate surface area is 108 Å². The van der Waals surface area contributed by atoms with Crippen molar-refractivity contribution in [2.75, 3.05) is 53.6 Å². The van der Waals surface area contributed by atoms with Gasteiger partial charge in [0, 0.05) is 26.7 Å². The maximum atomic E-state index is 12.2. The van der Waals surface area contributed by atoms with Crippen LogP contribution in [-0.4, -0.2) is 86.6 Å². The Kier molecular flexibility index (Phi) is 6.56. The Hall–Kier alpha value is -0.690. The van der Waals surface area contributed by atoms with Crippen molar-refractivity contribution in [3.8, 4) is 0 Å². The molecule has 0 aromatic carbocycles. The van der Waals surface area contributed by atoms with Crippen LogP contribution in [0.3, 0.4) is 0 Å². The number of hydrogen-bond acceptors (Lipinski definition) is 5. The van der Waals surface area contributed by atoms with Crippen LogP contribution in [0.2, 0.25) is 0 Å². The highest BCUT2D eigenvalue weighted by Crippen LogP contribution is 2.06. The molecule has 106 valence electrons. The molecule has 1 aliphatic heterocycles. The molecule has 0 radical (unpaired) electrons. The predicted octanol–water partition coefficient (Wildman–Crippen LogP) is -0.827. The van der Waals surface area contributed by atoms with Crippen molar-refractivity contribution in [3.05, 3.63) is 0 Å². The van der Waals surface area contributed by atoms with Crippen LogP contribution in [0.1, 0.15) is 6.92 Å². The lowest BCUT2D eigenvalue weighted by Crippen LogP contribution is -2.51. The number of rotatable bonds is 6. The Morgan fingerprint density at radius 3 is 2.67 bits per heavy atom. The molecular formula is C12H24N2O4. The number of hydrogen-bond donors (Lipinski definition) is 1. The van der Waals surface area contributed by atoms with Gasteiger partial charge < -0.3 is 19.5 Å². The zero-order chi connectivity index (χ0) is 13.5. The van der Waals surface area contributed by atoms with E-state index in [-0.39, 0.29) is 18.6 Å². The lowest BCUT2D eigenvalue weighted by atomic mass is 10.2. The Bertz CT molecular complexity index is 256. The summed E-state index contributed by atoms with van der Waals surface area (Å²) < 4.78 is 10.1. The first-order chi connectivity index (χ1) is 8.56. The highest BCUT2D eigenvalue weighted by atomic mass is 16.5. The molecule has 0 aliphatic carbocycles. The van der Waals surface area contributed by atoms with E-state index >= 15 is 0 Å². The zero-order valence-electron chi connectivity index (χ0n) is 11.5. The van der Waals surface area contributed by atoms with Crippen molar-refractivity contribution in [1.82, 2.24) is 9.80 Å². The number of carbonyl (C=O) groups is 1. The molecule has 0 spiro atoms. The summed E-state index contributed by atoms with van der Waals surface area (Å²) in [5, 5.41) is 9.65. The van der Waals surface area contributed by atoms with Crippen LogP contribution in [-0.2, 0) is 14.3 Å². The molecule has 6 heteroatoms. The third-order valence-corrected chi connectivity index (χ3v) is 3.20. The van der Waals surface area contributed by atoms with Crippen molar-refractivity contribution in [1.29, 1.82) is 0 Å². The molecule has 0 saturated carbocycles. The summed E-state index contributed by atoms with van der Waals surface area (Å²) in [6, 6.07) is -0.241. The standard InChI is InChI=1S/C12H24N2O4/c1-10(13(2)8-11(15)9-17-3)12(16)14-4-6-18-7-5-14/h10-11,15H,4-9H2,1-3H3. The fourth-order valence-electron chi connectivity index (χ4n) is 1.97. The number of likely N-dealkylation sites (N-methyl/N-ethyl adjacent to an activating group) is 1. The van der Waals surface area contributed by atoms with Crippen molar-refractivity contribution >= 4 is 5.91 Å². The fraction of sp³-hybridized carbons (Fsp3) is 0.917. The predicted molar refractivity (Wildman–Crippen MR) is 67.4 cm³/mol. The van der Waals surface area contributed by atoms with Crippen molar-refractivity contribution in [2.24, 2.45) is 0 Å². The van der Waals surface area contributed by atoms with E-state index in [1.54, 1.807) is 7.11 Å². The first-order valence-electron chi connectivity index (χ1n) is 6.30. The third kappa shape index (κ3) is 4.53. The second-order valence-electron chi connectivity index (χ2n) is 4.66. The molecule has 1 rings (SSSR count). The van der Waals surface area contributed by atoms with Gasteiger partial charge in [-0.2, -0.15) is 0 Å². The Morgan fingerprint density at radius 1 is 1.50 bits per heavy atom. The SMILES string of the molecule is COCC(O)CN(C)C(C)C(=O)N1CCOCC1. The lowest BCUT2D eigenvalue weighted by molar-refractivity contribution is -0.140. The first-order valence-corrected chi connectivity index (χ1v) is 6.30. The summed E-state index contributed by atoms with van der Waals surface area (Å²) in [6.07, 6.45) is -0.570. The van der Waals surface area contributed by atoms with Crippen molar-refractivity contribution in [3.63, 3.8) is 0 Å². The maximum absolute atomic E-state index is 12.2. The molecule has 0 aromatic rings. The highest BCUT2D eigenvalue weighted by Gasteiger charge is 2.26. The molecule has 18 heavy (non-hydrogen) atoms. The van der Waals surface area contributed by atoms with E-state index in [1.807, 2.05) is 23.8 Å². The van der Waals surface area contributed by atoms with Gasteiger partial charge >= 0.3 is 0 Å². The van der Waals surface area contributed by atoms with Gasteiger partial charge in [-0.3, -0.25) is 9.69 Å². The molecule has 2 atom stereocenters. The molecule has 1 amide bonds. The Morgan fingerprint density at radius 2 is 2.11 bits per heavy atom. The molecule has 0 aromatic heterocycles. The van der Waals surface area contributed by atoms with Gasteiger partial charge in [-0.1, -0.05) is 0 Å². The molecular weight excluding hydrogens is 236 g/mol. The van der Waals surface area contributed by atoms with E-state index in [0.29, 0.717) is 32.8 Å². The van der Waals surface area contributed by atoms with Crippen LogP contribution >= 0.6 is 0 Å². The lowest BCUT2D eigenvalue weighted by Gasteiger charge is -2.33. The van der Waals surface area contributed by atoms with E-state index in [0.717, 1.165) is 0 Å². The third-order valence-electron chi connectivity index (χ3n) is 3.20. The van der Waals surface area contributed by atoms with E-state index in [2.05, 4.69) is 0 Å². The van der Waals surface area contributed by atoms with Gasteiger partial charge in [0.05, 0.1) is 32.0 Å². The average Bonchev–Trinajstić information content (AvgIpc) is 2.38. The zero-order valence-corrected chi connectivity index (χ0v) is 11.5. The van der Waals surface area contributed by atoms with Crippen LogP contribution in [0.25, 0.3) is 0 Å². The van der Waals surface area contributed by atoms with E-state index in [1.165, 1.54) is 0 Å². The molecule has 2 unspecified atom stereocenters. The summed E-state index contributed by atoms with van der Waals surface area (Å²) >= 11 is 0. The molecule has 0 bridgehead atoms. The van der Waals surface area contributed by atoms with Gasteiger partial charge in [-0.25, -0.2) is 0 Å². The van der Waals surface area contributed by atoms with Crippen LogP contribution in [0.4, 0.5) is 0 Å². The normalized spacial score (nSPS) is 19.9. The number of methoxy groups -OCH3 is 1. The fourth-order valence-corrected chi connectivity index (χ4v) is 1.97. The minimum atomic E-state index is -0.570. The first kappa shape index (κ1) is 15.4. The number of morpholine rings is 1. The summed E-state index contributed by atoms with van der Waals surface area (Å²) in [5.41, 5.74) is 0. The molecule has 1 fully saturated rings. The molecule has 1 saturated heterocycles. The highest BCUT2D eigenvalue weighted by molar-refractivity contribution is 5.81. The van der Waals surface area contributed by atoms with Crippen LogP contribution in [0.15, 0.2) is 0 Å². The number of carbonyl (C=O) groups excluding carboxylic acids is 1. The van der Waals surface area contributed by atoms with Crippen molar-refractivity contribution < 1.29 is 19.4 Å². The second-order valence-corrected chi connectivity index (χ2v) is 4.66. The van der Waals surface area contributed by atoms with Crippen molar-refractivity contribution in [2.45, 2.75) is 19.1 Å². The van der Waals surface area contributed by atoms with E-state index < -0.39 is 6.10 Å². The summed E-state index contributed by atoms with van der Waals surface area (Å²) in [4.78, 5) is 15.9. The smallest absolute Gasteiger partial charge is 0.239 e. The van der Waals surface area contributed by atoms with Gasteiger partial charge in [0.15, 0.2) is 0 Å². The van der Waals surface area contributed by atoms with Gasteiger partial charge in [-0.05, 0) is 14.0 Å². The van der Waals surface area contributed by atoms with E-state index in [4.69, 9.17) is 9.47 Å². The van der Waals surface area contributed by atoms with Gasteiger partial charge in [0.25, 0.3) is 0 Å². The largest absolute Gasteiger partial charge is 0.389 e. The monoisotopic (exact) mass is 260 g/mol. The second kappa shape index (κ2) is 7.68. The molecule has 1 aliphatic rings. The average molecular weight is 260 g/mol. The minimum Gasteiger partial charge on any atom is -0.389 e. The minimum absolute atomic E-state index is 0.0883. The topological polar surface area (TPSA) is 62.2 Å². The number of aliphatic hydroxyl groups is 1. The van der Waals surface area contributed by atoms with Crippen LogP contribution in [0, 0.1) is 0 Å². The van der Waals surface area contributed by atoms with Crippen LogP contribution in [0.5, 0.6) is 0 Å². The summed E-state index contributed by atoms with van der Waals surface area (Å²) in [5.74, 6) is 0.0883. The molecule has 1 N–H and O–H groups in total. The van der Waals surface area contributed by atoms with Gasteiger partial charge in [0.2, 0.25) is 5.91 Å². The van der Waals surface area contributed by atoms with Gasteiger partial charge in [-0.15, -0.1) is 0 Å². The molecule has 6 nitrogen and oxygen atoms in total. The molecule has 1 heterocycles.